The van der Waals surface area contributed by atoms with Gasteiger partial charge in [-0.2, -0.15) is 0 Å². The van der Waals surface area contributed by atoms with Crippen molar-refractivity contribution >= 4 is 23.2 Å². The fourth-order valence-electron chi connectivity index (χ4n) is 1.41. The lowest BCUT2D eigenvalue weighted by atomic mass is 10.2. The Morgan fingerprint density at radius 1 is 1.33 bits per heavy atom. The summed E-state index contributed by atoms with van der Waals surface area (Å²) >= 11 is 5.80. The highest BCUT2D eigenvalue weighted by Crippen LogP contribution is 2.18. The molecule has 0 atom stereocenters. The number of carbonyl (C=O) groups excluding carboxylic acids is 1. The van der Waals surface area contributed by atoms with Crippen LogP contribution in [-0.2, 0) is 4.79 Å². The molecular weight excluding hydrogens is 210 g/mol. The van der Waals surface area contributed by atoms with Crippen molar-refractivity contribution in [1.29, 1.82) is 0 Å². The first kappa shape index (κ1) is 12.1. The Balaban J connectivity index is 2.79. The monoisotopic (exact) mass is 225 g/mol. The van der Waals surface area contributed by atoms with Crippen molar-refractivity contribution in [3.8, 4) is 0 Å². The first-order chi connectivity index (χ1) is 7.15. The van der Waals surface area contributed by atoms with E-state index in [1.54, 1.807) is 24.0 Å². The van der Waals surface area contributed by atoms with Gasteiger partial charge in [0, 0.05) is 24.2 Å². The molecule has 82 valence electrons. The molecule has 0 fully saturated rings. The molecule has 1 amide bonds. The van der Waals surface area contributed by atoms with Crippen LogP contribution in [0.1, 0.15) is 26.7 Å². The molecule has 0 spiro atoms. The predicted octanol–water partition coefficient (Wildman–Crippen LogP) is 3.49. The second-order valence-corrected chi connectivity index (χ2v) is 3.94. The van der Waals surface area contributed by atoms with Crippen LogP contribution in [-0.4, -0.2) is 12.5 Å². The molecule has 0 N–H and O–H groups in total. The fourth-order valence-corrected chi connectivity index (χ4v) is 1.53. The summed E-state index contributed by atoms with van der Waals surface area (Å²) in [4.78, 5) is 13.2. The van der Waals surface area contributed by atoms with Gasteiger partial charge in [-0.3, -0.25) is 4.79 Å². The third kappa shape index (κ3) is 3.56. The zero-order valence-electron chi connectivity index (χ0n) is 9.16. The van der Waals surface area contributed by atoms with E-state index < -0.39 is 0 Å². The van der Waals surface area contributed by atoms with Crippen LogP contribution in [0.4, 0.5) is 5.69 Å². The summed E-state index contributed by atoms with van der Waals surface area (Å²) in [6, 6.07) is 7.36. The molecule has 0 aliphatic rings. The second kappa shape index (κ2) is 5.76. The lowest BCUT2D eigenvalue weighted by Gasteiger charge is -2.20. The summed E-state index contributed by atoms with van der Waals surface area (Å²) in [5.74, 6) is 0.0748. The van der Waals surface area contributed by atoms with Gasteiger partial charge in [-0.25, -0.2) is 0 Å². The van der Waals surface area contributed by atoms with Crippen LogP contribution in [0, 0.1) is 0 Å². The highest BCUT2D eigenvalue weighted by Gasteiger charge is 2.09. The van der Waals surface area contributed by atoms with Crippen molar-refractivity contribution in [2.24, 2.45) is 0 Å². The summed E-state index contributed by atoms with van der Waals surface area (Å²) in [6.07, 6.45) is 2.10. The molecule has 0 aliphatic heterocycles. The van der Waals surface area contributed by atoms with Gasteiger partial charge >= 0.3 is 0 Å². The molecule has 0 aliphatic carbocycles. The minimum Gasteiger partial charge on any atom is -0.313 e. The number of anilines is 1. The molecule has 0 aromatic heterocycles. The van der Waals surface area contributed by atoms with E-state index >= 15 is 0 Å². The summed E-state index contributed by atoms with van der Waals surface area (Å²) in [7, 11) is 0. The number of halogens is 1. The molecule has 0 saturated heterocycles. The topological polar surface area (TPSA) is 20.3 Å². The van der Waals surface area contributed by atoms with Crippen molar-refractivity contribution < 1.29 is 4.79 Å². The SMILES string of the molecule is CCCCN(C(C)=O)c1ccc(Cl)cc1. The first-order valence-electron chi connectivity index (χ1n) is 5.19. The van der Waals surface area contributed by atoms with E-state index in [-0.39, 0.29) is 5.91 Å². The largest absolute Gasteiger partial charge is 0.313 e. The standard InChI is InChI=1S/C12H16ClNO/c1-3-4-9-14(10(2)15)12-7-5-11(13)6-8-12/h5-8H,3-4,9H2,1-2H3. The number of hydrogen-bond donors (Lipinski definition) is 0. The van der Waals surface area contributed by atoms with Gasteiger partial charge in [0.2, 0.25) is 5.91 Å². The molecule has 1 aromatic carbocycles. The maximum absolute atomic E-state index is 11.4. The van der Waals surface area contributed by atoms with Crippen LogP contribution in [0.3, 0.4) is 0 Å². The predicted molar refractivity (Wildman–Crippen MR) is 64.4 cm³/mol. The molecule has 15 heavy (non-hydrogen) atoms. The summed E-state index contributed by atoms with van der Waals surface area (Å²) < 4.78 is 0. The Hall–Kier alpha value is -1.02. The Morgan fingerprint density at radius 3 is 2.40 bits per heavy atom. The van der Waals surface area contributed by atoms with Gasteiger partial charge in [0.05, 0.1) is 0 Å². The zero-order valence-corrected chi connectivity index (χ0v) is 9.92. The number of hydrogen-bond acceptors (Lipinski definition) is 1. The van der Waals surface area contributed by atoms with E-state index in [0.717, 1.165) is 25.1 Å². The average molecular weight is 226 g/mol. The third-order valence-corrected chi connectivity index (χ3v) is 2.51. The Morgan fingerprint density at radius 2 is 1.93 bits per heavy atom. The maximum Gasteiger partial charge on any atom is 0.223 e. The number of unbranched alkanes of at least 4 members (excludes halogenated alkanes) is 1. The maximum atomic E-state index is 11.4. The lowest BCUT2D eigenvalue weighted by Crippen LogP contribution is -2.29. The van der Waals surface area contributed by atoms with Gasteiger partial charge in [0.15, 0.2) is 0 Å². The quantitative estimate of drug-likeness (QED) is 0.768. The van der Waals surface area contributed by atoms with E-state index in [1.165, 1.54) is 0 Å². The lowest BCUT2D eigenvalue weighted by molar-refractivity contribution is -0.116. The molecule has 0 radical (unpaired) electrons. The van der Waals surface area contributed by atoms with Crippen LogP contribution in [0.15, 0.2) is 24.3 Å². The van der Waals surface area contributed by atoms with Gasteiger partial charge in [0.1, 0.15) is 0 Å². The number of benzene rings is 1. The van der Waals surface area contributed by atoms with Gasteiger partial charge in [-0.15, -0.1) is 0 Å². The Labute approximate surface area is 95.8 Å². The van der Waals surface area contributed by atoms with E-state index in [1.807, 2.05) is 12.1 Å². The van der Waals surface area contributed by atoms with Crippen molar-refractivity contribution in [3.63, 3.8) is 0 Å². The highest BCUT2D eigenvalue weighted by molar-refractivity contribution is 6.30. The van der Waals surface area contributed by atoms with Gasteiger partial charge in [-0.1, -0.05) is 24.9 Å². The molecule has 0 bridgehead atoms. The smallest absolute Gasteiger partial charge is 0.223 e. The third-order valence-electron chi connectivity index (χ3n) is 2.25. The van der Waals surface area contributed by atoms with E-state index in [4.69, 9.17) is 11.6 Å². The molecule has 0 saturated carbocycles. The van der Waals surface area contributed by atoms with Crippen LogP contribution >= 0.6 is 11.6 Å². The van der Waals surface area contributed by atoms with Gasteiger partial charge < -0.3 is 4.90 Å². The fraction of sp³-hybridized carbons (Fsp3) is 0.417. The molecule has 1 rings (SSSR count). The van der Waals surface area contributed by atoms with Crippen LogP contribution in [0.2, 0.25) is 5.02 Å². The molecular formula is C12H16ClNO. The van der Waals surface area contributed by atoms with Crippen LogP contribution in [0.5, 0.6) is 0 Å². The number of carbonyl (C=O) groups is 1. The molecule has 3 heteroatoms. The molecule has 1 aromatic rings. The van der Waals surface area contributed by atoms with E-state index in [2.05, 4.69) is 6.92 Å². The normalized spacial score (nSPS) is 10.1. The minimum atomic E-state index is 0.0748. The van der Waals surface area contributed by atoms with Crippen molar-refractivity contribution in [3.05, 3.63) is 29.3 Å². The van der Waals surface area contributed by atoms with Gasteiger partial charge in [0.25, 0.3) is 0 Å². The zero-order chi connectivity index (χ0) is 11.3. The Bertz CT molecular complexity index is 321. The summed E-state index contributed by atoms with van der Waals surface area (Å²) in [6.45, 7) is 4.47. The summed E-state index contributed by atoms with van der Waals surface area (Å²) in [5, 5.41) is 0.692. The van der Waals surface area contributed by atoms with Gasteiger partial charge in [-0.05, 0) is 30.7 Å². The molecule has 0 unspecified atom stereocenters. The second-order valence-electron chi connectivity index (χ2n) is 3.50. The minimum absolute atomic E-state index is 0.0748. The highest BCUT2D eigenvalue weighted by atomic mass is 35.5. The van der Waals surface area contributed by atoms with E-state index in [0.29, 0.717) is 5.02 Å². The number of nitrogens with zero attached hydrogens (tertiary/aromatic N) is 1. The van der Waals surface area contributed by atoms with Crippen molar-refractivity contribution in [2.75, 3.05) is 11.4 Å². The van der Waals surface area contributed by atoms with E-state index in [9.17, 15) is 4.79 Å². The molecule has 2 nitrogen and oxygen atoms in total. The number of rotatable bonds is 4. The van der Waals surface area contributed by atoms with Crippen LogP contribution < -0.4 is 4.90 Å². The Kier molecular flexibility index (Phi) is 4.63. The molecule has 0 heterocycles. The van der Waals surface area contributed by atoms with Crippen molar-refractivity contribution in [2.45, 2.75) is 26.7 Å². The summed E-state index contributed by atoms with van der Waals surface area (Å²) in [5.41, 5.74) is 0.917. The van der Waals surface area contributed by atoms with Crippen molar-refractivity contribution in [1.82, 2.24) is 0 Å². The number of amides is 1. The average Bonchev–Trinajstić information content (AvgIpc) is 2.21. The first-order valence-corrected chi connectivity index (χ1v) is 5.56. The van der Waals surface area contributed by atoms with Crippen LogP contribution in [0.25, 0.3) is 0 Å².